The minimum Gasteiger partial charge on any atom is -0.324 e. The van der Waals surface area contributed by atoms with Gasteiger partial charge in [-0.3, -0.25) is 0 Å². The Balaban J connectivity index is 2.21. The van der Waals surface area contributed by atoms with E-state index in [9.17, 15) is 4.39 Å². The topological polar surface area (TPSA) is 26.0 Å². The van der Waals surface area contributed by atoms with Gasteiger partial charge in [0, 0.05) is 11.1 Å². The van der Waals surface area contributed by atoms with Crippen LogP contribution in [0.3, 0.4) is 0 Å². The van der Waals surface area contributed by atoms with Gasteiger partial charge in [-0.15, -0.1) is 0 Å². The van der Waals surface area contributed by atoms with Gasteiger partial charge in [0.15, 0.2) is 0 Å². The van der Waals surface area contributed by atoms with Gasteiger partial charge in [-0.2, -0.15) is 0 Å². The highest BCUT2D eigenvalue weighted by Gasteiger charge is 2.23. The van der Waals surface area contributed by atoms with Crippen LogP contribution in [0.4, 0.5) is 4.39 Å². The van der Waals surface area contributed by atoms with E-state index in [0.29, 0.717) is 16.5 Å². The fourth-order valence-corrected chi connectivity index (χ4v) is 3.14. The lowest BCUT2D eigenvalue weighted by Crippen LogP contribution is -2.21. The molecule has 1 saturated carbocycles. The molecule has 2 N–H and O–H groups in total. The van der Waals surface area contributed by atoms with E-state index in [1.54, 1.807) is 6.92 Å². The molecule has 2 rings (SSSR count). The van der Waals surface area contributed by atoms with Crippen LogP contribution in [-0.2, 0) is 0 Å². The molecule has 0 radical (unpaired) electrons. The third-order valence-electron chi connectivity index (χ3n) is 4.04. The normalized spacial score (nSPS) is 19.6. The van der Waals surface area contributed by atoms with E-state index in [1.165, 1.54) is 31.7 Å². The van der Waals surface area contributed by atoms with Crippen LogP contribution in [0.25, 0.3) is 0 Å². The van der Waals surface area contributed by atoms with E-state index in [2.05, 4.69) is 0 Å². The average molecular weight is 270 g/mol. The number of aryl methyl sites for hydroxylation is 1. The Morgan fingerprint density at radius 2 is 1.83 bits per heavy atom. The monoisotopic (exact) mass is 269 g/mol. The maximum absolute atomic E-state index is 13.4. The number of hydrogen-bond acceptors (Lipinski definition) is 1. The van der Waals surface area contributed by atoms with Gasteiger partial charge in [-0.05, 0) is 42.9 Å². The molecule has 0 spiro atoms. The predicted octanol–water partition coefficient (Wildman–Crippen LogP) is 4.76. The summed E-state index contributed by atoms with van der Waals surface area (Å²) in [5, 5.41) is 0.467. The lowest BCUT2D eigenvalue weighted by atomic mass is 9.87. The Morgan fingerprint density at radius 1 is 1.22 bits per heavy atom. The molecule has 1 atom stereocenters. The van der Waals surface area contributed by atoms with Crippen molar-refractivity contribution in [3.8, 4) is 0 Å². The minimum absolute atomic E-state index is 0.0603. The van der Waals surface area contributed by atoms with E-state index < -0.39 is 0 Å². The summed E-state index contributed by atoms with van der Waals surface area (Å²) < 4.78 is 13.4. The highest BCUT2D eigenvalue weighted by Crippen LogP contribution is 2.35. The van der Waals surface area contributed by atoms with Crippen molar-refractivity contribution >= 4 is 11.6 Å². The number of benzene rings is 1. The SMILES string of the molecule is Cc1cc(C(N)C2CCCCCC2)c(Cl)cc1F. The van der Waals surface area contributed by atoms with Gasteiger partial charge in [-0.1, -0.05) is 43.4 Å². The summed E-state index contributed by atoms with van der Waals surface area (Å²) in [6, 6.07) is 3.14. The van der Waals surface area contributed by atoms with E-state index >= 15 is 0 Å². The Hall–Kier alpha value is -0.600. The average Bonchev–Trinajstić information content (AvgIpc) is 2.61. The van der Waals surface area contributed by atoms with Crippen molar-refractivity contribution in [2.24, 2.45) is 11.7 Å². The predicted molar refractivity (Wildman–Crippen MR) is 74.3 cm³/mol. The molecule has 3 heteroatoms. The van der Waals surface area contributed by atoms with E-state index in [0.717, 1.165) is 18.4 Å². The molecule has 0 aromatic heterocycles. The van der Waals surface area contributed by atoms with Crippen molar-refractivity contribution in [1.82, 2.24) is 0 Å². The number of halogens is 2. The summed E-state index contributed by atoms with van der Waals surface area (Å²) in [5.41, 5.74) is 7.88. The van der Waals surface area contributed by atoms with Crippen molar-refractivity contribution in [3.05, 3.63) is 34.1 Å². The third kappa shape index (κ3) is 3.04. The van der Waals surface area contributed by atoms with Gasteiger partial charge in [0.1, 0.15) is 5.82 Å². The molecule has 1 aromatic rings. The van der Waals surface area contributed by atoms with Gasteiger partial charge in [-0.25, -0.2) is 4.39 Å². The van der Waals surface area contributed by atoms with Crippen molar-refractivity contribution in [1.29, 1.82) is 0 Å². The van der Waals surface area contributed by atoms with Crippen molar-refractivity contribution in [2.45, 2.75) is 51.5 Å². The van der Waals surface area contributed by atoms with Crippen LogP contribution in [0.1, 0.15) is 55.7 Å². The summed E-state index contributed by atoms with van der Waals surface area (Å²) in [5.74, 6) is 0.228. The van der Waals surface area contributed by atoms with Crippen molar-refractivity contribution in [2.75, 3.05) is 0 Å². The molecule has 1 aromatic carbocycles. The lowest BCUT2D eigenvalue weighted by molar-refractivity contribution is 0.382. The van der Waals surface area contributed by atoms with Crippen molar-refractivity contribution < 1.29 is 4.39 Å². The molecular formula is C15H21ClFN. The molecule has 1 unspecified atom stereocenters. The first-order valence-corrected chi connectivity index (χ1v) is 7.18. The minimum atomic E-state index is -0.253. The maximum atomic E-state index is 13.4. The van der Waals surface area contributed by atoms with E-state index in [4.69, 9.17) is 17.3 Å². The van der Waals surface area contributed by atoms with Gasteiger partial charge in [0.2, 0.25) is 0 Å². The maximum Gasteiger partial charge on any atom is 0.127 e. The Kier molecular flexibility index (Phi) is 4.63. The van der Waals surface area contributed by atoms with Crippen LogP contribution in [0, 0.1) is 18.7 Å². The molecule has 1 nitrogen and oxygen atoms in total. The smallest absolute Gasteiger partial charge is 0.127 e. The highest BCUT2D eigenvalue weighted by molar-refractivity contribution is 6.31. The summed E-state index contributed by atoms with van der Waals surface area (Å²) >= 11 is 6.14. The molecule has 0 heterocycles. The van der Waals surface area contributed by atoms with Crippen LogP contribution < -0.4 is 5.73 Å². The Bertz CT molecular complexity index is 411. The van der Waals surface area contributed by atoms with Crippen LogP contribution in [0.2, 0.25) is 5.02 Å². The standard InChI is InChI=1S/C15H21ClFN/c1-10-8-12(13(16)9-14(10)17)15(18)11-6-4-2-3-5-7-11/h8-9,11,15H,2-7,18H2,1H3. The Labute approximate surface area is 114 Å². The first-order valence-electron chi connectivity index (χ1n) is 6.80. The molecule has 18 heavy (non-hydrogen) atoms. The first kappa shape index (κ1) is 13.8. The zero-order valence-corrected chi connectivity index (χ0v) is 11.6. The van der Waals surface area contributed by atoms with Crippen molar-refractivity contribution in [3.63, 3.8) is 0 Å². The fraction of sp³-hybridized carbons (Fsp3) is 0.600. The van der Waals surface area contributed by atoms with Gasteiger partial charge >= 0.3 is 0 Å². The second-order valence-corrected chi connectivity index (χ2v) is 5.81. The van der Waals surface area contributed by atoms with Gasteiger partial charge < -0.3 is 5.73 Å². The first-order chi connectivity index (χ1) is 8.59. The summed E-state index contributed by atoms with van der Waals surface area (Å²) in [6.07, 6.45) is 7.42. The number of hydrogen-bond donors (Lipinski definition) is 1. The summed E-state index contributed by atoms with van der Waals surface area (Å²) in [4.78, 5) is 0. The van der Waals surface area contributed by atoms with Crippen LogP contribution >= 0.6 is 11.6 Å². The Morgan fingerprint density at radius 3 is 2.44 bits per heavy atom. The summed E-state index contributed by atoms with van der Waals surface area (Å²) in [6.45, 7) is 1.76. The second-order valence-electron chi connectivity index (χ2n) is 5.40. The third-order valence-corrected chi connectivity index (χ3v) is 4.37. The molecule has 0 aliphatic heterocycles. The molecule has 1 fully saturated rings. The number of rotatable bonds is 2. The molecular weight excluding hydrogens is 249 g/mol. The molecule has 100 valence electrons. The molecule has 0 saturated heterocycles. The van der Waals surface area contributed by atoms with E-state index in [1.807, 2.05) is 6.07 Å². The molecule has 1 aliphatic rings. The largest absolute Gasteiger partial charge is 0.324 e. The van der Waals surface area contributed by atoms with Crippen LogP contribution in [0.5, 0.6) is 0 Å². The zero-order chi connectivity index (χ0) is 13.1. The summed E-state index contributed by atoms with van der Waals surface area (Å²) in [7, 11) is 0. The van der Waals surface area contributed by atoms with Gasteiger partial charge in [0.05, 0.1) is 0 Å². The fourth-order valence-electron chi connectivity index (χ4n) is 2.86. The highest BCUT2D eigenvalue weighted by atomic mass is 35.5. The van der Waals surface area contributed by atoms with E-state index in [-0.39, 0.29) is 11.9 Å². The van der Waals surface area contributed by atoms with Gasteiger partial charge in [0.25, 0.3) is 0 Å². The second kappa shape index (κ2) is 6.03. The molecule has 0 amide bonds. The molecule has 1 aliphatic carbocycles. The zero-order valence-electron chi connectivity index (χ0n) is 10.9. The molecule has 0 bridgehead atoms. The quantitative estimate of drug-likeness (QED) is 0.770. The van der Waals surface area contributed by atoms with Crippen LogP contribution in [0.15, 0.2) is 12.1 Å². The van der Waals surface area contributed by atoms with Crippen LogP contribution in [-0.4, -0.2) is 0 Å². The number of nitrogens with two attached hydrogens (primary N) is 1. The lowest BCUT2D eigenvalue weighted by Gasteiger charge is -2.24.